The Hall–Kier alpha value is -1.79. The van der Waals surface area contributed by atoms with Gasteiger partial charge in [-0.25, -0.2) is 4.79 Å². The minimum Gasteiger partial charge on any atom is -0.493 e. The quantitative estimate of drug-likeness (QED) is 0.606. The van der Waals surface area contributed by atoms with Gasteiger partial charge in [0, 0.05) is 12.1 Å². The number of nitrogens with one attached hydrogen (secondary N) is 1. The lowest BCUT2D eigenvalue weighted by molar-refractivity contribution is 0.0306. The molecule has 116 valence electrons. The highest BCUT2D eigenvalue weighted by Crippen LogP contribution is 2.40. The Labute approximate surface area is 125 Å². The fourth-order valence-corrected chi connectivity index (χ4v) is 2.38. The zero-order chi connectivity index (χ0) is 15.4. The number of cyclic esters (lactones) is 1. The predicted octanol–water partition coefficient (Wildman–Crippen LogP) is 1.41. The van der Waals surface area contributed by atoms with Crippen molar-refractivity contribution in [1.29, 1.82) is 0 Å². The molecule has 1 aromatic carbocycles. The number of hydrogen-bond donors (Lipinski definition) is 1. The molecule has 0 aromatic heterocycles. The van der Waals surface area contributed by atoms with Gasteiger partial charge in [-0.05, 0) is 39.2 Å². The molecule has 1 aliphatic heterocycles. The molecule has 0 fully saturated rings. The number of fused-ring (bicyclic) bond motifs is 1. The average Bonchev–Trinajstić information content (AvgIpc) is 2.79. The van der Waals surface area contributed by atoms with E-state index in [1.165, 1.54) is 7.11 Å². The van der Waals surface area contributed by atoms with E-state index in [0.29, 0.717) is 17.1 Å². The van der Waals surface area contributed by atoms with Crippen LogP contribution < -0.4 is 14.8 Å². The van der Waals surface area contributed by atoms with Crippen LogP contribution in [0, 0.1) is 0 Å². The molecule has 0 unspecified atom stereocenters. The number of nitrogens with zero attached hydrogens (tertiary/aromatic N) is 1. The largest absolute Gasteiger partial charge is 0.493 e. The second-order valence-electron chi connectivity index (χ2n) is 5.16. The summed E-state index contributed by atoms with van der Waals surface area (Å²) in [7, 11) is 7.12. The van der Waals surface area contributed by atoms with Gasteiger partial charge in [-0.2, -0.15) is 0 Å². The summed E-state index contributed by atoms with van der Waals surface area (Å²) in [6.45, 7) is 1.75. The molecular weight excluding hydrogens is 272 g/mol. The first kappa shape index (κ1) is 15.6. The summed E-state index contributed by atoms with van der Waals surface area (Å²) in [4.78, 5) is 14.2. The summed E-state index contributed by atoms with van der Waals surface area (Å²) in [6.07, 6.45) is 0.554. The molecule has 21 heavy (non-hydrogen) atoms. The van der Waals surface area contributed by atoms with E-state index < -0.39 is 6.23 Å². The fraction of sp³-hybridized carbons (Fsp3) is 0.533. The van der Waals surface area contributed by atoms with E-state index in [1.54, 1.807) is 13.2 Å². The van der Waals surface area contributed by atoms with Crippen molar-refractivity contribution in [3.8, 4) is 11.5 Å². The number of rotatable bonds is 7. The van der Waals surface area contributed by atoms with Crippen molar-refractivity contribution < 1.29 is 19.0 Å². The second kappa shape index (κ2) is 6.78. The van der Waals surface area contributed by atoms with E-state index in [-0.39, 0.29) is 5.97 Å². The van der Waals surface area contributed by atoms with Gasteiger partial charge in [0.05, 0.1) is 14.2 Å². The summed E-state index contributed by atoms with van der Waals surface area (Å²) in [5, 5.41) is 3.25. The minimum atomic E-state index is -0.422. The molecule has 0 saturated carbocycles. The van der Waals surface area contributed by atoms with E-state index in [4.69, 9.17) is 14.2 Å². The third-order valence-electron chi connectivity index (χ3n) is 3.40. The van der Waals surface area contributed by atoms with Crippen molar-refractivity contribution in [3.63, 3.8) is 0 Å². The molecule has 0 bridgehead atoms. The van der Waals surface area contributed by atoms with Gasteiger partial charge in [0.25, 0.3) is 0 Å². The van der Waals surface area contributed by atoms with E-state index in [2.05, 4.69) is 10.2 Å². The molecule has 1 N–H and O–H groups in total. The Morgan fingerprint density at radius 3 is 2.67 bits per heavy atom. The Bertz CT molecular complexity index is 517. The number of carbonyl (C=O) groups is 1. The van der Waals surface area contributed by atoms with Crippen LogP contribution in [0.4, 0.5) is 0 Å². The lowest BCUT2D eigenvalue weighted by Gasteiger charge is -2.15. The van der Waals surface area contributed by atoms with Crippen LogP contribution in [0.2, 0.25) is 0 Å². The van der Waals surface area contributed by atoms with E-state index >= 15 is 0 Å². The van der Waals surface area contributed by atoms with Crippen LogP contribution in [0.1, 0.15) is 28.6 Å². The summed E-state index contributed by atoms with van der Waals surface area (Å²) >= 11 is 0. The Kier molecular flexibility index (Phi) is 5.03. The van der Waals surface area contributed by atoms with Crippen LogP contribution in [-0.2, 0) is 4.74 Å². The number of hydrogen-bond acceptors (Lipinski definition) is 6. The third kappa shape index (κ3) is 3.28. The molecule has 1 atom stereocenters. The smallest absolute Gasteiger partial charge is 0.344 e. The van der Waals surface area contributed by atoms with Gasteiger partial charge in [0.1, 0.15) is 5.56 Å². The first-order chi connectivity index (χ1) is 10.1. The highest BCUT2D eigenvalue weighted by molar-refractivity contribution is 5.98. The molecule has 1 aromatic rings. The SMILES string of the molecule is COc1ccc2c(c1OC)C(=O)O[C@@H]2NCCCN(C)C. The molecule has 0 spiro atoms. The van der Waals surface area contributed by atoms with Crippen LogP contribution >= 0.6 is 0 Å². The van der Waals surface area contributed by atoms with Crippen LogP contribution in [0.3, 0.4) is 0 Å². The summed E-state index contributed by atoms with van der Waals surface area (Å²) in [5.74, 6) is 0.574. The van der Waals surface area contributed by atoms with Gasteiger partial charge < -0.3 is 19.1 Å². The summed E-state index contributed by atoms with van der Waals surface area (Å²) < 4.78 is 15.9. The monoisotopic (exact) mass is 294 g/mol. The van der Waals surface area contributed by atoms with Crippen LogP contribution in [0.5, 0.6) is 11.5 Å². The van der Waals surface area contributed by atoms with Crippen molar-refractivity contribution in [1.82, 2.24) is 10.2 Å². The van der Waals surface area contributed by atoms with Gasteiger partial charge in [-0.15, -0.1) is 0 Å². The van der Waals surface area contributed by atoms with Gasteiger partial charge in [-0.3, -0.25) is 5.32 Å². The van der Waals surface area contributed by atoms with E-state index in [0.717, 1.165) is 25.1 Å². The maximum Gasteiger partial charge on any atom is 0.344 e. The standard InChI is InChI=1S/C15H22N2O4/c1-17(2)9-5-8-16-14-10-6-7-11(19-3)13(20-4)12(10)15(18)21-14/h6-7,14,16H,5,8-9H2,1-4H3/t14-/m0/s1. The molecule has 0 amide bonds. The van der Waals surface area contributed by atoms with Crippen molar-refractivity contribution in [2.75, 3.05) is 41.4 Å². The Morgan fingerprint density at radius 2 is 2.05 bits per heavy atom. The second-order valence-corrected chi connectivity index (χ2v) is 5.16. The van der Waals surface area contributed by atoms with Crippen molar-refractivity contribution in [3.05, 3.63) is 23.3 Å². The van der Waals surface area contributed by atoms with Crippen LogP contribution in [0.25, 0.3) is 0 Å². The van der Waals surface area contributed by atoms with Crippen LogP contribution in [0.15, 0.2) is 12.1 Å². The third-order valence-corrected chi connectivity index (χ3v) is 3.40. The lowest BCUT2D eigenvalue weighted by Crippen LogP contribution is -2.25. The highest BCUT2D eigenvalue weighted by Gasteiger charge is 2.35. The highest BCUT2D eigenvalue weighted by atomic mass is 16.6. The average molecular weight is 294 g/mol. The predicted molar refractivity (Wildman–Crippen MR) is 78.9 cm³/mol. The molecule has 6 heteroatoms. The summed E-state index contributed by atoms with van der Waals surface area (Å²) in [6, 6.07) is 3.62. The normalized spacial score (nSPS) is 16.8. The van der Waals surface area contributed by atoms with Gasteiger partial charge in [0.2, 0.25) is 0 Å². The molecule has 2 rings (SSSR count). The maximum atomic E-state index is 12.1. The van der Waals surface area contributed by atoms with Gasteiger partial charge >= 0.3 is 5.97 Å². The number of benzene rings is 1. The van der Waals surface area contributed by atoms with Gasteiger partial charge in [-0.1, -0.05) is 0 Å². The van der Waals surface area contributed by atoms with Crippen molar-refractivity contribution in [2.24, 2.45) is 0 Å². The molecule has 1 aliphatic rings. The number of methoxy groups -OCH3 is 2. The zero-order valence-corrected chi connectivity index (χ0v) is 12.9. The number of esters is 1. The van der Waals surface area contributed by atoms with E-state index in [9.17, 15) is 4.79 Å². The Balaban J connectivity index is 2.12. The first-order valence-corrected chi connectivity index (χ1v) is 6.92. The topological polar surface area (TPSA) is 60.0 Å². The number of carbonyl (C=O) groups excluding carboxylic acids is 1. The first-order valence-electron chi connectivity index (χ1n) is 6.92. The van der Waals surface area contributed by atoms with E-state index in [1.807, 2.05) is 20.2 Å². The molecule has 6 nitrogen and oxygen atoms in total. The minimum absolute atomic E-state index is 0.383. The summed E-state index contributed by atoms with van der Waals surface area (Å²) in [5.41, 5.74) is 1.24. The lowest BCUT2D eigenvalue weighted by atomic mass is 10.1. The molecule has 1 heterocycles. The molecular formula is C15H22N2O4. The van der Waals surface area contributed by atoms with Crippen molar-refractivity contribution >= 4 is 5.97 Å². The zero-order valence-electron chi connectivity index (χ0n) is 12.9. The van der Waals surface area contributed by atoms with Gasteiger partial charge in [0.15, 0.2) is 17.7 Å². The number of ether oxygens (including phenoxy) is 3. The fourth-order valence-electron chi connectivity index (χ4n) is 2.38. The maximum absolute atomic E-state index is 12.1. The molecule has 0 saturated heterocycles. The van der Waals surface area contributed by atoms with Crippen LogP contribution in [-0.4, -0.2) is 52.3 Å². The Morgan fingerprint density at radius 1 is 1.29 bits per heavy atom. The van der Waals surface area contributed by atoms with Crippen molar-refractivity contribution in [2.45, 2.75) is 12.6 Å². The molecule has 0 radical (unpaired) electrons. The molecule has 0 aliphatic carbocycles.